The third-order valence-electron chi connectivity index (χ3n) is 4.24. The van der Waals surface area contributed by atoms with Crippen molar-refractivity contribution in [3.05, 3.63) is 71.2 Å². The van der Waals surface area contributed by atoms with Crippen LogP contribution in [0, 0.1) is 13.8 Å². The molecule has 2 heterocycles. The highest BCUT2D eigenvalue weighted by atomic mass is 16.2. The molecule has 0 spiro atoms. The maximum absolute atomic E-state index is 13.2. The quantitative estimate of drug-likeness (QED) is 0.728. The summed E-state index contributed by atoms with van der Waals surface area (Å²) in [6.45, 7) is 8.61. The van der Waals surface area contributed by atoms with Gasteiger partial charge < -0.3 is 4.90 Å². The fourth-order valence-corrected chi connectivity index (χ4v) is 2.93. The van der Waals surface area contributed by atoms with Crippen molar-refractivity contribution in [1.82, 2.24) is 14.3 Å². The van der Waals surface area contributed by atoms with Crippen molar-refractivity contribution in [1.29, 1.82) is 0 Å². The molecule has 0 radical (unpaired) electrons. The minimum Gasteiger partial charge on any atom is -0.331 e. The van der Waals surface area contributed by atoms with Crippen LogP contribution in [0.25, 0.3) is 5.65 Å². The Bertz CT molecular complexity index is 865. The predicted octanol–water partition coefficient (Wildman–Crippen LogP) is 4.00. The molecule has 4 nitrogen and oxygen atoms in total. The number of pyridine rings is 1. The topological polar surface area (TPSA) is 37.6 Å². The van der Waals surface area contributed by atoms with Crippen molar-refractivity contribution < 1.29 is 4.79 Å². The van der Waals surface area contributed by atoms with Gasteiger partial charge in [0.2, 0.25) is 0 Å². The molecule has 4 heteroatoms. The molecule has 1 aromatic carbocycles. The highest BCUT2D eigenvalue weighted by molar-refractivity contribution is 5.94. The largest absolute Gasteiger partial charge is 0.331 e. The molecule has 0 aliphatic rings. The summed E-state index contributed by atoms with van der Waals surface area (Å²) < 4.78 is 1.89. The molecule has 0 aliphatic carbocycles. The Kier molecular flexibility index (Phi) is 4.38. The Morgan fingerprint density at radius 1 is 1.17 bits per heavy atom. The standard InChI is InChI=1S/C20H23N3O/c1-14(2)23(13-17-8-6-5-7-9-17)20(24)19-16(4)21-18-12-15(3)10-11-22(18)19/h5-12,14H,13H2,1-4H3. The lowest BCUT2D eigenvalue weighted by Gasteiger charge is -2.27. The van der Waals surface area contributed by atoms with E-state index < -0.39 is 0 Å². The Balaban J connectivity index is 2.00. The average Bonchev–Trinajstić information content (AvgIpc) is 2.87. The fraction of sp³-hybridized carbons (Fsp3) is 0.300. The molecule has 2 aromatic heterocycles. The lowest BCUT2D eigenvalue weighted by molar-refractivity contribution is 0.0682. The van der Waals surface area contributed by atoms with Gasteiger partial charge in [0.15, 0.2) is 0 Å². The summed E-state index contributed by atoms with van der Waals surface area (Å²) in [7, 11) is 0. The van der Waals surface area contributed by atoms with Crippen LogP contribution in [-0.2, 0) is 6.54 Å². The number of amides is 1. The van der Waals surface area contributed by atoms with E-state index in [9.17, 15) is 4.79 Å². The van der Waals surface area contributed by atoms with Crippen LogP contribution in [-0.4, -0.2) is 26.2 Å². The summed E-state index contributed by atoms with van der Waals surface area (Å²) in [4.78, 5) is 19.7. The Morgan fingerprint density at radius 3 is 2.54 bits per heavy atom. The second kappa shape index (κ2) is 6.48. The van der Waals surface area contributed by atoms with Crippen LogP contribution in [0.5, 0.6) is 0 Å². The van der Waals surface area contributed by atoms with Crippen molar-refractivity contribution in [2.24, 2.45) is 0 Å². The van der Waals surface area contributed by atoms with Gasteiger partial charge in [-0.25, -0.2) is 4.98 Å². The number of hydrogen-bond donors (Lipinski definition) is 0. The number of benzene rings is 1. The minimum absolute atomic E-state index is 0.0164. The first-order valence-electron chi connectivity index (χ1n) is 8.27. The monoisotopic (exact) mass is 321 g/mol. The van der Waals surface area contributed by atoms with E-state index in [1.165, 1.54) is 0 Å². The van der Waals surface area contributed by atoms with Crippen LogP contribution in [0.15, 0.2) is 48.7 Å². The molecule has 0 fully saturated rings. The number of hydrogen-bond acceptors (Lipinski definition) is 2. The molecule has 3 aromatic rings. The van der Waals surface area contributed by atoms with Crippen molar-refractivity contribution in [3.8, 4) is 0 Å². The van der Waals surface area contributed by atoms with Gasteiger partial charge in [-0.2, -0.15) is 0 Å². The third-order valence-corrected chi connectivity index (χ3v) is 4.24. The first-order chi connectivity index (χ1) is 11.5. The van der Waals surface area contributed by atoms with Gasteiger partial charge in [0.25, 0.3) is 5.91 Å². The van der Waals surface area contributed by atoms with Gasteiger partial charge in [0, 0.05) is 18.8 Å². The SMILES string of the molecule is Cc1ccn2c(C(=O)N(Cc3ccccc3)C(C)C)c(C)nc2c1. The van der Waals surface area contributed by atoms with E-state index in [0.29, 0.717) is 12.2 Å². The zero-order valence-corrected chi connectivity index (χ0v) is 14.7. The van der Waals surface area contributed by atoms with E-state index in [1.54, 1.807) is 0 Å². The van der Waals surface area contributed by atoms with E-state index in [-0.39, 0.29) is 11.9 Å². The summed E-state index contributed by atoms with van der Waals surface area (Å²) in [6, 6.07) is 14.2. The molecule has 124 valence electrons. The maximum Gasteiger partial charge on any atom is 0.273 e. The fourth-order valence-electron chi connectivity index (χ4n) is 2.93. The van der Waals surface area contributed by atoms with Gasteiger partial charge >= 0.3 is 0 Å². The molecule has 0 unspecified atom stereocenters. The van der Waals surface area contributed by atoms with Crippen LogP contribution in [0.3, 0.4) is 0 Å². The zero-order chi connectivity index (χ0) is 17.3. The maximum atomic E-state index is 13.2. The van der Waals surface area contributed by atoms with Crippen molar-refractivity contribution in [2.45, 2.75) is 40.3 Å². The normalized spacial score (nSPS) is 11.2. The molecule has 0 N–H and O–H groups in total. The molecular formula is C20H23N3O. The Labute approximate surface area is 142 Å². The van der Waals surface area contributed by atoms with Crippen LogP contribution in [0.1, 0.15) is 41.2 Å². The number of rotatable bonds is 4. The molecule has 3 rings (SSSR count). The van der Waals surface area contributed by atoms with Crippen LogP contribution in [0.2, 0.25) is 0 Å². The first-order valence-corrected chi connectivity index (χ1v) is 8.27. The highest BCUT2D eigenvalue weighted by Gasteiger charge is 2.24. The molecule has 0 saturated heterocycles. The van der Waals surface area contributed by atoms with E-state index in [2.05, 4.69) is 4.98 Å². The zero-order valence-electron chi connectivity index (χ0n) is 14.7. The van der Waals surface area contributed by atoms with E-state index >= 15 is 0 Å². The Hall–Kier alpha value is -2.62. The Morgan fingerprint density at radius 2 is 1.88 bits per heavy atom. The lowest BCUT2D eigenvalue weighted by atomic mass is 10.1. The molecule has 24 heavy (non-hydrogen) atoms. The van der Waals surface area contributed by atoms with E-state index in [4.69, 9.17) is 0 Å². The van der Waals surface area contributed by atoms with Crippen LogP contribution >= 0.6 is 0 Å². The van der Waals surface area contributed by atoms with Gasteiger partial charge in [-0.3, -0.25) is 9.20 Å². The van der Waals surface area contributed by atoms with E-state index in [1.807, 2.05) is 85.7 Å². The third kappa shape index (κ3) is 3.04. The minimum atomic E-state index is 0.0164. The molecule has 0 aliphatic heterocycles. The smallest absolute Gasteiger partial charge is 0.273 e. The highest BCUT2D eigenvalue weighted by Crippen LogP contribution is 2.18. The average molecular weight is 321 g/mol. The van der Waals surface area contributed by atoms with Gasteiger partial charge in [0.1, 0.15) is 11.3 Å². The first kappa shape index (κ1) is 16.2. The summed E-state index contributed by atoms with van der Waals surface area (Å²) in [5.41, 5.74) is 4.50. The molecule has 1 amide bonds. The summed E-state index contributed by atoms with van der Waals surface area (Å²) >= 11 is 0. The molecular weight excluding hydrogens is 298 g/mol. The van der Waals surface area contributed by atoms with E-state index in [0.717, 1.165) is 22.5 Å². The number of imidazole rings is 1. The van der Waals surface area contributed by atoms with Gasteiger partial charge in [-0.05, 0) is 51.0 Å². The number of fused-ring (bicyclic) bond motifs is 1. The van der Waals surface area contributed by atoms with Crippen molar-refractivity contribution in [3.63, 3.8) is 0 Å². The number of aromatic nitrogens is 2. The lowest BCUT2D eigenvalue weighted by Crippen LogP contribution is -2.37. The number of carbonyl (C=O) groups is 1. The van der Waals surface area contributed by atoms with Crippen molar-refractivity contribution in [2.75, 3.05) is 0 Å². The van der Waals surface area contributed by atoms with Crippen LogP contribution < -0.4 is 0 Å². The van der Waals surface area contributed by atoms with Gasteiger partial charge in [0.05, 0.1) is 5.69 Å². The van der Waals surface area contributed by atoms with Crippen LogP contribution in [0.4, 0.5) is 0 Å². The summed E-state index contributed by atoms with van der Waals surface area (Å²) in [6.07, 6.45) is 1.93. The van der Waals surface area contributed by atoms with Gasteiger partial charge in [-0.1, -0.05) is 30.3 Å². The second-order valence-corrected chi connectivity index (χ2v) is 6.49. The van der Waals surface area contributed by atoms with Crippen molar-refractivity contribution >= 4 is 11.6 Å². The summed E-state index contributed by atoms with van der Waals surface area (Å²) in [5.74, 6) is 0.0164. The number of aryl methyl sites for hydroxylation is 2. The number of nitrogens with zero attached hydrogens (tertiary/aromatic N) is 3. The van der Waals surface area contributed by atoms with Gasteiger partial charge in [-0.15, -0.1) is 0 Å². The molecule has 0 atom stereocenters. The second-order valence-electron chi connectivity index (χ2n) is 6.49. The molecule has 0 saturated carbocycles. The number of carbonyl (C=O) groups excluding carboxylic acids is 1. The summed E-state index contributed by atoms with van der Waals surface area (Å²) in [5, 5.41) is 0. The predicted molar refractivity (Wildman–Crippen MR) is 96.1 cm³/mol. The molecule has 0 bridgehead atoms.